The fourth-order valence-corrected chi connectivity index (χ4v) is 6.04. The van der Waals surface area contributed by atoms with Gasteiger partial charge in [0.1, 0.15) is 5.82 Å². The van der Waals surface area contributed by atoms with E-state index in [9.17, 15) is 17.6 Å². The maximum Gasteiger partial charge on any atom is 0.243 e. The summed E-state index contributed by atoms with van der Waals surface area (Å²) in [5.74, 6) is -0.422. The number of anilines is 1. The third kappa shape index (κ3) is 3.93. The Hall–Kier alpha value is -2.71. The maximum atomic E-state index is 13.8. The van der Waals surface area contributed by atoms with Gasteiger partial charge < -0.3 is 9.88 Å². The lowest BCUT2D eigenvalue weighted by molar-refractivity contribution is -0.118. The fraction of sp³-hybridized carbons (Fsp3) is 0.375. The van der Waals surface area contributed by atoms with Crippen LogP contribution in [0.25, 0.3) is 10.9 Å². The monoisotopic (exact) mass is 457 g/mol. The summed E-state index contributed by atoms with van der Waals surface area (Å²) in [6.07, 6.45) is 1.63. The molecule has 0 bridgehead atoms. The molecular formula is C24H28FN3O3S. The summed E-state index contributed by atoms with van der Waals surface area (Å²) in [7, 11) is -3.56. The van der Waals surface area contributed by atoms with E-state index < -0.39 is 10.0 Å². The summed E-state index contributed by atoms with van der Waals surface area (Å²) in [6, 6.07) is 9.56. The Morgan fingerprint density at radius 2 is 1.91 bits per heavy atom. The first-order valence-electron chi connectivity index (χ1n) is 11.0. The first-order valence-corrected chi connectivity index (χ1v) is 12.4. The van der Waals surface area contributed by atoms with Crippen LogP contribution in [0.3, 0.4) is 0 Å². The number of fused-ring (bicyclic) bond motifs is 2. The van der Waals surface area contributed by atoms with Crippen LogP contribution < -0.4 is 4.90 Å². The van der Waals surface area contributed by atoms with Crippen LogP contribution in [0.5, 0.6) is 0 Å². The first kappa shape index (κ1) is 22.5. The topological polar surface area (TPSA) is 73.5 Å². The Morgan fingerprint density at radius 3 is 2.62 bits per heavy atom. The Bertz CT molecular complexity index is 1280. The molecule has 2 heterocycles. The zero-order chi connectivity index (χ0) is 23.0. The van der Waals surface area contributed by atoms with Crippen LogP contribution in [0.4, 0.5) is 10.1 Å². The van der Waals surface area contributed by atoms with E-state index in [4.69, 9.17) is 0 Å². The quantitative estimate of drug-likeness (QED) is 0.604. The Balaban J connectivity index is 1.65. The fourth-order valence-electron chi connectivity index (χ4n) is 4.53. The van der Waals surface area contributed by atoms with Gasteiger partial charge in [-0.05, 0) is 67.3 Å². The molecule has 0 aliphatic carbocycles. The van der Waals surface area contributed by atoms with E-state index in [1.807, 2.05) is 20.8 Å². The van der Waals surface area contributed by atoms with Crippen LogP contribution in [0.15, 0.2) is 41.3 Å². The molecule has 2 aromatic carbocycles. The van der Waals surface area contributed by atoms with Crippen LogP contribution >= 0.6 is 0 Å². The molecule has 170 valence electrons. The number of carbonyl (C=O) groups is 1. The van der Waals surface area contributed by atoms with Crippen molar-refractivity contribution in [3.05, 3.63) is 59.0 Å². The zero-order valence-corrected chi connectivity index (χ0v) is 19.4. The number of aryl methyl sites for hydroxylation is 2. The largest absolute Gasteiger partial charge is 0.358 e. The third-order valence-corrected chi connectivity index (χ3v) is 8.27. The lowest BCUT2D eigenvalue weighted by Gasteiger charge is -2.30. The number of amides is 1. The van der Waals surface area contributed by atoms with Gasteiger partial charge in [0.25, 0.3) is 0 Å². The Kier molecular flexibility index (Phi) is 6.09. The average Bonchev–Trinajstić information content (AvgIpc) is 3.07. The van der Waals surface area contributed by atoms with Crippen molar-refractivity contribution in [2.24, 2.45) is 0 Å². The van der Waals surface area contributed by atoms with Gasteiger partial charge in [0.05, 0.1) is 11.3 Å². The Labute approximate surface area is 188 Å². The van der Waals surface area contributed by atoms with E-state index in [0.717, 1.165) is 40.9 Å². The van der Waals surface area contributed by atoms with Crippen molar-refractivity contribution in [1.82, 2.24) is 9.29 Å². The lowest BCUT2D eigenvalue weighted by atomic mass is 10.00. The van der Waals surface area contributed by atoms with Gasteiger partial charge >= 0.3 is 0 Å². The van der Waals surface area contributed by atoms with Gasteiger partial charge in [0.15, 0.2) is 0 Å². The number of hydrogen-bond acceptors (Lipinski definition) is 3. The van der Waals surface area contributed by atoms with Crippen molar-refractivity contribution in [1.29, 1.82) is 0 Å². The molecule has 1 aliphatic heterocycles. The molecule has 3 aromatic rings. The van der Waals surface area contributed by atoms with Crippen LogP contribution in [-0.4, -0.2) is 43.2 Å². The average molecular weight is 458 g/mol. The second-order valence-electron chi connectivity index (χ2n) is 8.12. The highest BCUT2D eigenvalue weighted by Crippen LogP contribution is 2.32. The number of sulfonamides is 1. The molecule has 1 amide bonds. The second-order valence-corrected chi connectivity index (χ2v) is 10.1. The molecule has 0 spiro atoms. The number of benzene rings is 2. The summed E-state index contributed by atoms with van der Waals surface area (Å²) in [6.45, 7) is 6.91. The van der Waals surface area contributed by atoms with Gasteiger partial charge in [0, 0.05) is 41.9 Å². The zero-order valence-electron chi connectivity index (χ0n) is 18.6. The SMILES string of the molecule is CCN(CC)S(=O)(=O)c1ccc2c(c1)CCCN2C(=O)Cc1c(C)[nH]c2ccc(F)cc12. The summed E-state index contributed by atoms with van der Waals surface area (Å²) in [5, 5.41) is 0.716. The molecule has 32 heavy (non-hydrogen) atoms. The number of aromatic nitrogens is 1. The van der Waals surface area contributed by atoms with E-state index in [1.54, 1.807) is 29.2 Å². The molecule has 0 radical (unpaired) electrons. The van der Waals surface area contributed by atoms with Crippen molar-refractivity contribution in [3.8, 4) is 0 Å². The summed E-state index contributed by atoms with van der Waals surface area (Å²) < 4.78 is 41.0. The first-order chi connectivity index (χ1) is 15.3. The number of nitrogens with one attached hydrogen (secondary N) is 1. The molecule has 0 saturated heterocycles. The Morgan fingerprint density at radius 1 is 1.16 bits per heavy atom. The molecular weight excluding hydrogens is 429 g/mol. The second kappa shape index (κ2) is 8.67. The highest BCUT2D eigenvalue weighted by Gasteiger charge is 2.27. The van der Waals surface area contributed by atoms with Crippen molar-refractivity contribution in [2.75, 3.05) is 24.5 Å². The number of H-pyrrole nitrogens is 1. The highest BCUT2D eigenvalue weighted by atomic mass is 32.2. The number of carbonyl (C=O) groups excluding carboxylic acids is 1. The van der Waals surface area contributed by atoms with Crippen molar-refractivity contribution < 1.29 is 17.6 Å². The minimum atomic E-state index is -3.56. The van der Waals surface area contributed by atoms with Crippen molar-refractivity contribution in [3.63, 3.8) is 0 Å². The predicted molar refractivity (Wildman–Crippen MR) is 124 cm³/mol. The van der Waals surface area contributed by atoms with Gasteiger partial charge in [-0.3, -0.25) is 4.79 Å². The molecule has 6 nitrogen and oxygen atoms in total. The van der Waals surface area contributed by atoms with Gasteiger partial charge in [-0.1, -0.05) is 13.8 Å². The predicted octanol–water partition coefficient (Wildman–Crippen LogP) is 4.17. The van der Waals surface area contributed by atoms with Gasteiger partial charge in [-0.2, -0.15) is 4.31 Å². The number of halogens is 1. The van der Waals surface area contributed by atoms with E-state index in [0.29, 0.717) is 25.0 Å². The van der Waals surface area contributed by atoms with Crippen molar-refractivity contribution in [2.45, 2.75) is 44.9 Å². The lowest BCUT2D eigenvalue weighted by Crippen LogP contribution is -2.37. The summed E-state index contributed by atoms with van der Waals surface area (Å²) in [4.78, 5) is 18.5. The number of rotatable bonds is 6. The molecule has 1 N–H and O–H groups in total. The number of aromatic amines is 1. The van der Waals surface area contributed by atoms with E-state index in [-0.39, 0.29) is 23.0 Å². The molecule has 1 aliphatic rings. The van der Waals surface area contributed by atoms with Gasteiger partial charge in [0.2, 0.25) is 15.9 Å². The van der Waals surface area contributed by atoms with Gasteiger partial charge in [-0.25, -0.2) is 12.8 Å². The van der Waals surface area contributed by atoms with Crippen LogP contribution in [0, 0.1) is 12.7 Å². The van der Waals surface area contributed by atoms with Gasteiger partial charge in [-0.15, -0.1) is 0 Å². The summed E-state index contributed by atoms with van der Waals surface area (Å²) >= 11 is 0. The van der Waals surface area contributed by atoms with E-state index in [2.05, 4.69) is 4.98 Å². The third-order valence-electron chi connectivity index (χ3n) is 6.22. The maximum absolute atomic E-state index is 13.8. The van der Waals surface area contributed by atoms with Crippen LogP contribution in [0.2, 0.25) is 0 Å². The van der Waals surface area contributed by atoms with E-state index in [1.165, 1.54) is 16.4 Å². The van der Waals surface area contributed by atoms with Crippen LogP contribution in [0.1, 0.15) is 37.1 Å². The number of nitrogens with zero attached hydrogens (tertiary/aromatic N) is 2. The molecule has 0 unspecified atom stereocenters. The minimum Gasteiger partial charge on any atom is -0.358 e. The molecule has 4 rings (SSSR count). The molecule has 8 heteroatoms. The molecule has 0 saturated carbocycles. The standard InChI is InChI=1S/C24H28FN3O3S/c1-4-27(5-2)32(30,31)19-9-11-23-17(13-19)7-6-12-28(23)24(29)15-20-16(3)26-22-10-8-18(25)14-21(20)22/h8-11,13-14,26H,4-7,12,15H2,1-3H3. The molecule has 0 atom stereocenters. The number of hydrogen-bond donors (Lipinski definition) is 1. The van der Waals surface area contributed by atoms with Crippen molar-refractivity contribution >= 4 is 32.5 Å². The highest BCUT2D eigenvalue weighted by molar-refractivity contribution is 7.89. The van der Waals surface area contributed by atoms with Crippen LogP contribution in [-0.2, 0) is 27.7 Å². The summed E-state index contributed by atoms with van der Waals surface area (Å²) in [5.41, 5.74) is 4.05. The molecule has 0 fully saturated rings. The molecule has 1 aromatic heterocycles. The normalized spacial score (nSPS) is 14.2. The minimum absolute atomic E-state index is 0.0847. The smallest absolute Gasteiger partial charge is 0.243 e. The van der Waals surface area contributed by atoms with E-state index >= 15 is 0 Å².